The molecule has 2 atom stereocenters. The molecule has 20 heavy (non-hydrogen) atoms. The summed E-state index contributed by atoms with van der Waals surface area (Å²) in [6, 6.07) is 3.49. The zero-order chi connectivity index (χ0) is 14.8. The van der Waals surface area contributed by atoms with E-state index in [0.717, 1.165) is 25.4 Å². The highest BCUT2D eigenvalue weighted by atomic mass is 15.3. The lowest BCUT2D eigenvalue weighted by molar-refractivity contribution is 0.228. The number of aromatic nitrogens is 2. The Bertz CT molecular complexity index is 412. The van der Waals surface area contributed by atoms with Crippen LogP contribution >= 0.6 is 0 Å². The summed E-state index contributed by atoms with van der Waals surface area (Å²) in [4.78, 5) is 0. The molecule has 2 rings (SSSR count). The Morgan fingerprint density at radius 3 is 2.65 bits per heavy atom. The molecule has 114 valence electrons. The number of hydrogen-bond acceptors (Lipinski definition) is 2. The molecule has 3 nitrogen and oxygen atoms in total. The fourth-order valence-electron chi connectivity index (χ4n) is 2.45. The van der Waals surface area contributed by atoms with Gasteiger partial charge in [0.05, 0.1) is 5.69 Å². The fraction of sp³-hybridized carbons (Fsp3) is 0.824. The van der Waals surface area contributed by atoms with Crippen molar-refractivity contribution in [3.05, 3.63) is 18.0 Å². The summed E-state index contributed by atoms with van der Waals surface area (Å²) in [6.45, 7) is 12.6. The highest BCUT2D eigenvalue weighted by Gasteiger charge is 2.28. The van der Waals surface area contributed by atoms with E-state index < -0.39 is 0 Å². The second-order valence-corrected chi connectivity index (χ2v) is 7.49. The van der Waals surface area contributed by atoms with Crippen molar-refractivity contribution in [1.29, 1.82) is 0 Å². The van der Waals surface area contributed by atoms with Crippen molar-refractivity contribution in [1.82, 2.24) is 15.1 Å². The molecular weight excluding hydrogens is 246 g/mol. The predicted octanol–water partition coefficient (Wildman–Crippen LogP) is 3.81. The normalized spacial score (nSPS) is 19.1. The maximum Gasteiger partial charge on any atom is 0.0628 e. The van der Waals surface area contributed by atoms with Crippen LogP contribution in [0.25, 0.3) is 0 Å². The molecule has 0 bridgehead atoms. The molecule has 0 amide bonds. The third kappa shape index (κ3) is 4.34. The zero-order valence-electron chi connectivity index (χ0n) is 13.8. The molecular formula is C17H31N3. The van der Waals surface area contributed by atoms with Gasteiger partial charge in [0.25, 0.3) is 0 Å². The van der Waals surface area contributed by atoms with Crippen LogP contribution in [0.3, 0.4) is 0 Å². The summed E-state index contributed by atoms with van der Waals surface area (Å²) in [5, 5.41) is 8.46. The molecule has 0 aromatic carbocycles. The van der Waals surface area contributed by atoms with Crippen LogP contribution in [-0.4, -0.2) is 22.4 Å². The molecule has 2 unspecified atom stereocenters. The van der Waals surface area contributed by atoms with Gasteiger partial charge in [-0.15, -0.1) is 0 Å². The maximum atomic E-state index is 4.77. The van der Waals surface area contributed by atoms with Crippen LogP contribution in [0, 0.1) is 11.3 Å². The van der Waals surface area contributed by atoms with Crippen LogP contribution in [0.4, 0.5) is 0 Å². The van der Waals surface area contributed by atoms with Gasteiger partial charge in [0.15, 0.2) is 0 Å². The average molecular weight is 277 g/mol. The van der Waals surface area contributed by atoms with Gasteiger partial charge < -0.3 is 5.32 Å². The van der Waals surface area contributed by atoms with Gasteiger partial charge in [0.1, 0.15) is 0 Å². The molecule has 3 heteroatoms. The van der Waals surface area contributed by atoms with Gasteiger partial charge in [0.2, 0.25) is 0 Å². The summed E-state index contributed by atoms with van der Waals surface area (Å²) < 4.78 is 2.11. The van der Waals surface area contributed by atoms with Gasteiger partial charge in [-0.25, -0.2) is 0 Å². The van der Waals surface area contributed by atoms with Crippen molar-refractivity contribution in [2.75, 3.05) is 6.54 Å². The first-order valence-corrected chi connectivity index (χ1v) is 8.17. The molecule has 1 aliphatic carbocycles. The van der Waals surface area contributed by atoms with Crippen molar-refractivity contribution >= 4 is 0 Å². The Balaban J connectivity index is 1.96. The van der Waals surface area contributed by atoms with Gasteiger partial charge in [-0.05, 0) is 56.6 Å². The van der Waals surface area contributed by atoms with Crippen LogP contribution < -0.4 is 5.32 Å². The summed E-state index contributed by atoms with van der Waals surface area (Å²) in [7, 11) is 0. The molecule has 1 aromatic rings. The molecule has 1 fully saturated rings. The highest BCUT2D eigenvalue weighted by molar-refractivity contribution is 5.03. The second kappa shape index (κ2) is 6.30. The summed E-state index contributed by atoms with van der Waals surface area (Å²) in [6.07, 6.45) is 7.07. The molecule has 0 spiro atoms. The number of nitrogens with zero attached hydrogens (tertiary/aromatic N) is 2. The van der Waals surface area contributed by atoms with E-state index in [2.05, 4.69) is 56.9 Å². The maximum absolute atomic E-state index is 4.77. The lowest BCUT2D eigenvalue weighted by atomic mass is 9.78. The van der Waals surface area contributed by atoms with E-state index in [1.807, 2.05) is 0 Å². The highest BCUT2D eigenvalue weighted by Crippen LogP contribution is 2.30. The first-order valence-electron chi connectivity index (χ1n) is 8.17. The minimum Gasteiger partial charge on any atom is -0.314 e. The quantitative estimate of drug-likeness (QED) is 0.821. The van der Waals surface area contributed by atoms with Gasteiger partial charge in [0, 0.05) is 18.3 Å². The summed E-state index contributed by atoms with van der Waals surface area (Å²) >= 11 is 0. The largest absolute Gasteiger partial charge is 0.314 e. The minimum absolute atomic E-state index is 0.321. The Kier molecular flexibility index (Phi) is 4.90. The monoisotopic (exact) mass is 277 g/mol. The minimum atomic E-state index is 0.321. The fourth-order valence-corrected chi connectivity index (χ4v) is 2.45. The van der Waals surface area contributed by atoms with E-state index in [1.165, 1.54) is 18.5 Å². The van der Waals surface area contributed by atoms with Crippen LogP contribution in [0.15, 0.2) is 12.3 Å². The Morgan fingerprint density at radius 1 is 1.40 bits per heavy atom. The third-order valence-electron chi connectivity index (χ3n) is 4.62. The van der Waals surface area contributed by atoms with E-state index in [-0.39, 0.29) is 0 Å². The van der Waals surface area contributed by atoms with E-state index in [0.29, 0.717) is 17.4 Å². The Labute approximate surface area is 124 Å². The van der Waals surface area contributed by atoms with E-state index in [1.54, 1.807) is 0 Å². The second-order valence-electron chi connectivity index (χ2n) is 7.49. The molecule has 0 saturated heterocycles. The number of hydrogen-bond donors (Lipinski definition) is 1. The van der Waals surface area contributed by atoms with Crippen molar-refractivity contribution < 1.29 is 0 Å². The van der Waals surface area contributed by atoms with Gasteiger partial charge in [-0.2, -0.15) is 5.10 Å². The Hall–Kier alpha value is -0.830. The standard InChI is InChI=1S/C17H31N3/c1-6-13(2)20-10-9-16(19-20)11-14(17(3,4)5)12-18-15-7-8-15/h9-10,13-15,18H,6-8,11-12H2,1-5H3. The van der Waals surface area contributed by atoms with Crippen LogP contribution in [0.2, 0.25) is 0 Å². The lowest BCUT2D eigenvalue weighted by Gasteiger charge is -2.30. The zero-order valence-corrected chi connectivity index (χ0v) is 13.8. The summed E-state index contributed by atoms with van der Waals surface area (Å²) in [5.41, 5.74) is 1.56. The molecule has 0 aliphatic heterocycles. The van der Waals surface area contributed by atoms with Crippen LogP contribution in [0.5, 0.6) is 0 Å². The molecule has 1 saturated carbocycles. The lowest BCUT2D eigenvalue weighted by Crippen LogP contribution is -2.34. The van der Waals surface area contributed by atoms with E-state index in [4.69, 9.17) is 5.10 Å². The van der Waals surface area contributed by atoms with Gasteiger partial charge in [-0.3, -0.25) is 4.68 Å². The number of nitrogens with one attached hydrogen (secondary N) is 1. The Morgan fingerprint density at radius 2 is 2.10 bits per heavy atom. The van der Waals surface area contributed by atoms with Gasteiger partial charge >= 0.3 is 0 Å². The molecule has 1 aromatic heterocycles. The molecule has 1 heterocycles. The van der Waals surface area contributed by atoms with Crippen LogP contribution in [0.1, 0.15) is 65.6 Å². The van der Waals surface area contributed by atoms with Crippen molar-refractivity contribution in [2.45, 2.75) is 72.4 Å². The smallest absolute Gasteiger partial charge is 0.0628 e. The molecule has 1 aliphatic rings. The van der Waals surface area contributed by atoms with Crippen molar-refractivity contribution in [3.8, 4) is 0 Å². The summed E-state index contributed by atoms with van der Waals surface area (Å²) in [5.74, 6) is 0.642. The van der Waals surface area contributed by atoms with Crippen molar-refractivity contribution in [3.63, 3.8) is 0 Å². The van der Waals surface area contributed by atoms with Crippen molar-refractivity contribution in [2.24, 2.45) is 11.3 Å². The first-order chi connectivity index (χ1) is 9.40. The molecule has 1 N–H and O–H groups in total. The van der Waals surface area contributed by atoms with Gasteiger partial charge in [-0.1, -0.05) is 27.7 Å². The average Bonchev–Trinajstić information content (AvgIpc) is 3.09. The van der Waals surface area contributed by atoms with E-state index >= 15 is 0 Å². The topological polar surface area (TPSA) is 29.9 Å². The number of rotatable bonds is 7. The van der Waals surface area contributed by atoms with E-state index in [9.17, 15) is 0 Å². The first kappa shape index (κ1) is 15.6. The molecule has 0 radical (unpaired) electrons. The van der Waals surface area contributed by atoms with Crippen LogP contribution in [-0.2, 0) is 6.42 Å². The third-order valence-corrected chi connectivity index (χ3v) is 4.62. The SMILES string of the molecule is CCC(C)n1ccc(CC(CNC2CC2)C(C)(C)C)n1. The predicted molar refractivity (Wildman–Crippen MR) is 84.9 cm³/mol.